The minimum Gasteiger partial charge on any atom is -0.264 e. The lowest BCUT2D eigenvalue weighted by atomic mass is 10.4. The molecular weight excluding hydrogens is 334 g/mol. The number of hydrogen-bond donors (Lipinski definition) is 1. The van der Waals surface area contributed by atoms with Crippen LogP contribution in [0.25, 0.3) is 5.78 Å². The maximum absolute atomic E-state index is 12.0. The number of fused-ring (bicyclic) bond motifs is 1. The lowest BCUT2D eigenvalue weighted by Gasteiger charge is -1.97. The van der Waals surface area contributed by atoms with Crippen LogP contribution in [0.5, 0.6) is 0 Å². The SMILES string of the molecule is Cc1cc(C)n2nc(C(=O)NN=Cc3ccc([N+](=O)[O-])s3)nc2n1. The van der Waals surface area contributed by atoms with Crippen LogP contribution in [-0.4, -0.2) is 36.6 Å². The van der Waals surface area contributed by atoms with Crippen LogP contribution in [0.4, 0.5) is 5.00 Å². The molecule has 11 heteroatoms. The molecule has 0 unspecified atom stereocenters. The molecule has 3 heterocycles. The van der Waals surface area contributed by atoms with Gasteiger partial charge < -0.3 is 0 Å². The molecule has 3 rings (SSSR count). The van der Waals surface area contributed by atoms with Crippen LogP contribution in [0.1, 0.15) is 26.9 Å². The fraction of sp³-hybridized carbons (Fsp3) is 0.154. The second-order valence-corrected chi connectivity index (χ2v) is 5.91. The molecule has 24 heavy (non-hydrogen) atoms. The van der Waals surface area contributed by atoms with Crippen LogP contribution >= 0.6 is 11.3 Å². The molecule has 0 bridgehead atoms. The number of carbonyl (C=O) groups is 1. The topological polar surface area (TPSA) is 128 Å². The van der Waals surface area contributed by atoms with Gasteiger partial charge in [-0.15, -0.1) is 5.10 Å². The highest BCUT2D eigenvalue weighted by atomic mass is 32.1. The van der Waals surface area contributed by atoms with Crippen LogP contribution in [0.3, 0.4) is 0 Å². The first-order chi connectivity index (χ1) is 11.4. The van der Waals surface area contributed by atoms with Gasteiger partial charge in [0.15, 0.2) is 0 Å². The number of thiophene rings is 1. The first-order valence-electron chi connectivity index (χ1n) is 6.72. The average molecular weight is 345 g/mol. The molecule has 3 aromatic rings. The second kappa shape index (κ2) is 6.12. The van der Waals surface area contributed by atoms with Crippen molar-refractivity contribution in [1.82, 2.24) is 25.0 Å². The standard InChI is InChI=1S/C13H11N7O3S/c1-7-5-8(2)19-13(15-7)16-11(18-19)12(21)17-14-6-9-3-4-10(24-9)20(22)23/h3-6H,1-2H3,(H,17,21). The lowest BCUT2D eigenvalue weighted by molar-refractivity contribution is -0.380. The molecule has 0 atom stereocenters. The van der Waals surface area contributed by atoms with E-state index >= 15 is 0 Å². The maximum atomic E-state index is 12.0. The summed E-state index contributed by atoms with van der Waals surface area (Å²) < 4.78 is 1.47. The summed E-state index contributed by atoms with van der Waals surface area (Å²) in [7, 11) is 0. The summed E-state index contributed by atoms with van der Waals surface area (Å²) in [6.07, 6.45) is 1.32. The van der Waals surface area contributed by atoms with Gasteiger partial charge in [0.05, 0.1) is 16.0 Å². The zero-order valence-corrected chi connectivity index (χ0v) is 13.4. The van der Waals surface area contributed by atoms with E-state index < -0.39 is 10.8 Å². The molecule has 0 saturated heterocycles. The van der Waals surface area contributed by atoms with Gasteiger partial charge in [-0.3, -0.25) is 14.9 Å². The predicted octanol–water partition coefficient (Wildman–Crippen LogP) is 1.47. The van der Waals surface area contributed by atoms with Gasteiger partial charge in [0.25, 0.3) is 5.78 Å². The number of hydrogen-bond acceptors (Lipinski definition) is 8. The summed E-state index contributed by atoms with van der Waals surface area (Å²) in [6, 6.07) is 4.73. The van der Waals surface area contributed by atoms with Crippen molar-refractivity contribution in [2.75, 3.05) is 0 Å². The third-order valence-corrected chi connectivity index (χ3v) is 3.94. The van der Waals surface area contributed by atoms with Crippen molar-refractivity contribution in [3.05, 3.63) is 50.4 Å². The maximum Gasteiger partial charge on any atom is 0.324 e. The van der Waals surface area contributed by atoms with E-state index in [1.165, 1.54) is 22.9 Å². The summed E-state index contributed by atoms with van der Waals surface area (Å²) in [4.78, 5) is 30.9. The zero-order valence-electron chi connectivity index (χ0n) is 12.6. The number of nitrogens with zero attached hydrogens (tertiary/aromatic N) is 6. The Bertz CT molecular complexity index is 975. The molecule has 3 aromatic heterocycles. The molecule has 122 valence electrons. The van der Waals surface area contributed by atoms with Gasteiger partial charge in [-0.1, -0.05) is 11.3 Å². The Morgan fingerprint density at radius 1 is 1.42 bits per heavy atom. The van der Waals surface area contributed by atoms with Crippen LogP contribution in [0, 0.1) is 24.0 Å². The number of rotatable bonds is 4. The highest BCUT2D eigenvalue weighted by Crippen LogP contribution is 2.22. The molecule has 0 aromatic carbocycles. The van der Waals surface area contributed by atoms with Gasteiger partial charge in [0, 0.05) is 17.5 Å². The normalized spacial score (nSPS) is 11.2. The van der Waals surface area contributed by atoms with E-state index in [2.05, 4.69) is 25.6 Å². The van der Waals surface area contributed by atoms with Crippen LogP contribution in [-0.2, 0) is 0 Å². The third kappa shape index (κ3) is 3.10. The van der Waals surface area contributed by atoms with Crippen LogP contribution in [0.2, 0.25) is 0 Å². The Morgan fingerprint density at radius 3 is 2.92 bits per heavy atom. The van der Waals surface area contributed by atoms with Crippen molar-refractivity contribution in [1.29, 1.82) is 0 Å². The Balaban J connectivity index is 1.73. The molecule has 1 N–H and O–H groups in total. The van der Waals surface area contributed by atoms with Crippen molar-refractivity contribution in [3.8, 4) is 0 Å². The zero-order chi connectivity index (χ0) is 17.3. The molecule has 0 aliphatic heterocycles. The van der Waals surface area contributed by atoms with Gasteiger partial charge in [-0.25, -0.2) is 14.9 Å². The highest BCUT2D eigenvalue weighted by Gasteiger charge is 2.14. The van der Waals surface area contributed by atoms with Crippen molar-refractivity contribution in [2.24, 2.45) is 5.10 Å². The molecular formula is C13H11N7O3S. The van der Waals surface area contributed by atoms with Gasteiger partial charge in [0.1, 0.15) is 0 Å². The first kappa shape index (κ1) is 15.7. The molecule has 10 nitrogen and oxygen atoms in total. The fourth-order valence-electron chi connectivity index (χ4n) is 1.98. The fourth-order valence-corrected chi connectivity index (χ4v) is 2.67. The van der Waals surface area contributed by atoms with Crippen molar-refractivity contribution >= 4 is 34.2 Å². The summed E-state index contributed by atoms with van der Waals surface area (Å²) >= 11 is 0.951. The largest absolute Gasteiger partial charge is 0.324 e. The Labute approximate surface area is 139 Å². The molecule has 0 aliphatic carbocycles. The number of carbonyl (C=O) groups excluding carboxylic acids is 1. The van der Waals surface area contributed by atoms with E-state index in [0.717, 1.165) is 22.7 Å². The van der Waals surface area contributed by atoms with Gasteiger partial charge in [-0.05, 0) is 26.0 Å². The summed E-state index contributed by atoms with van der Waals surface area (Å²) in [5.41, 5.74) is 3.86. The number of aryl methyl sites for hydroxylation is 2. The molecule has 0 aliphatic rings. The molecule has 0 fully saturated rings. The van der Waals surface area contributed by atoms with Gasteiger partial charge in [0.2, 0.25) is 5.82 Å². The number of nitro groups is 1. The Kier molecular flexibility index (Phi) is 4.00. The molecule has 0 radical (unpaired) electrons. The number of aromatic nitrogens is 4. The molecule has 1 amide bonds. The van der Waals surface area contributed by atoms with Crippen LogP contribution in [0.15, 0.2) is 23.3 Å². The first-order valence-corrected chi connectivity index (χ1v) is 7.54. The van der Waals surface area contributed by atoms with Crippen molar-refractivity contribution in [2.45, 2.75) is 13.8 Å². The van der Waals surface area contributed by atoms with Crippen LogP contribution < -0.4 is 5.43 Å². The predicted molar refractivity (Wildman–Crippen MR) is 86.3 cm³/mol. The number of nitrogens with one attached hydrogen (secondary N) is 1. The van der Waals surface area contributed by atoms with E-state index in [9.17, 15) is 14.9 Å². The molecule has 0 spiro atoms. The summed E-state index contributed by atoms with van der Waals surface area (Å²) in [5, 5.41) is 18.4. The number of hydrazone groups is 1. The lowest BCUT2D eigenvalue weighted by Crippen LogP contribution is -2.19. The highest BCUT2D eigenvalue weighted by molar-refractivity contribution is 7.16. The van der Waals surface area contributed by atoms with E-state index in [-0.39, 0.29) is 10.8 Å². The monoisotopic (exact) mass is 345 g/mol. The van der Waals surface area contributed by atoms with Crippen molar-refractivity contribution in [3.63, 3.8) is 0 Å². The van der Waals surface area contributed by atoms with Gasteiger partial charge >= 0.3 is 10.9 Å². The Morgan fingerprint density at radius 2 is 2.21 bits per heavy atom. The van der Waals surface area contributed by atoms with Crippen molar-refractivity contribution < 1.29 is 9.72 Å². The second-order valence-electron chi connectivity index (χ2n) is 4.82. The summed E-state index contributed by atoms with van der Waals surface area (Å²) in [6.45, 7) is 3.66. The van der Waals surface area contributed by atoms with E-state index in [4.69, 9.17) is 0 Å². The van der Waals surface area contributed by atoms with E-state index in [1.54, 1.807) is 0 Å². The average Bonchev–Trinajstić information content (AvgIpc) is 3.13. The minimum atomic E-state index is -0.597. The number of amides is 1. The molecule has 0 saturated carbocycles. The summed E-state index contributed by atoms with van der Waals surface area (Å²) in [5.74, 6) is -0.333. The minimum absolute atomic E-state index is 0.00159. The van der Waals surface area contributed by atoms with Gasteiger partial charge in [-0.2, -0.15) is 10.1 Å². The quantitative estimate of drug-likeness (QED) is 0.433. The van der Waals surface area contributed by atoms with E-state index in [1.807, 2.05) is 19.9 Å². The third-order valence-electron chi connectivity index (χ3n) is 2.97. The Hall–Kier alpha value is -3.21. The van der Waals surface area contributed by atoms with E-state index in [0.29, 0.717) is 10.7 Å². The smallest absolute Gasteiger partial charge is 0.264 e.